The third kappa shape index (κ3) is 3.96. The number of hydrogen-bond donors (Lipinski definition) is 2. The van der Waals surface area contributed by atoms with E-state index >= 15 is 0 Å². The molecule has 0 aliphatic heterocycles. The molecule has 0 saturated carbocycles. The molecule has 0 fully saturated rings. The van der Waals surface area contributed by atoms with Crippen LogP contribution >= 0.6 is 23.6 Å². The molecule has 3 rings (SSSR count). The van der Waals surface area contributed by atoms with E-state index in [1.54, 1.807) is 0 Å². The van der Waals surface area contributed by atoms with Gasteiger partial charge in [-0.2, -0.15) is 0 Å². The summed E-state index contributed by atoms with van der Waals surface area (Å²) in [6, 6.07) is 14.5. The predicted octanol–water partition coefficient (Wildman–Crippen LogP) is 4.58. The van der Waals surface area contributed by atoms with Crippen molar-refractivity contribution in [3.05, 3.63) is 47.8 Å². The zero-order valence-corrected chi connectivity index (χ0v) is 14.8. The van der Waals surface area contributed by atoms with Gasteiger partial charge in [0.15, 0.2) is 10.2 Å². The van der Waals surface area contributed by atoms with Gasteiger partial charge in [0.2, 0.25) is 5.91 Å². The van der Waals surface area contributed by atoms with Crippen LogP contribution in [0.15, 0.2) is 47.8 Å². The van der Waals surface area contributed by atoms with Crippen LogP contribution in [0.25, 0.3) is 22.0 Å². The Kier molecular flexibility index (Phi) is 5.17. The molecule has 122 valence electrons. The standard InChI is InChI=1S/C18H17N3OS2/c1-2-5-16(22)20-17(23)21-18-19-15(11-24-18)14-9-8-12-6-3-4-7-13(12)10-14/h3-4,6-11H,2,5H2,1H3,(H2,19,20,21,22,23). The molecule has 0 aliphatic rings. The van der Waals surface area contributed by atoms with Crippen LogP contribution in [-0.2, 0) is 4.79 Å². The van der Waals surface area contributed by atoms with Gasteiger partial charge in [-0.1, -0.05) is 43.3 Å². The maximum atomic E-state index is 11.5. The van der Waals surface area contributed by atoms with E-state index in [1.165, 1.54) is 22.1 Å². The lowest BCUT2D eigenvalue weighted by atomic mass is 10.1. The van der Waals surface area contributed by atoms with E-state index in [9.17, 15) is 4.79 Å². The summed E-state index contributed by atoms with van der Waals surface area (Å²) in [5, 5.41) is 10.9. The number of aromatic nitrogens is 1. The first kappa shape index (κ1) is 16.5. The molecule has 1 aromatic heterocycles. The first-order valence-corrected chi connectivity index (χ1v) is 9.00. The smallest absolute Gasteiger partial charge is 0.226 e. The number of benzene rings is 2. The number of carbonyl (C=O) groups is 1. The third-order valence-electron chi connectivity index (χ3n) is 3.50. The van der Waals surface area contributed by atoms with Crippen LogP contribution < -0.4 is 10.6 Å². The van der Waals surface area contributed by atoms with Crippen molar-refractivity contribution in [1.29, 1.82) is 0 Å². The molecule has 0 bridgehead atoms. The van der Waals surface area contributed by atoms with Crippen LogP contribution in [0.5, 0.6) is 0 Å². The van der Waals surface area contributed by atoms with Gasteiger partial charge in [-0.25, -0.2) is 4.98 Å². The number of fused-ring (bicyclic) bond motifs is 1. The zero-order valence-electron chi connectivity index (χ0n) is 13.2. The zero-order chi connectivity index (χ0) is 16.9. The third-order valence-corrected chi connectivity index (χ3v) is 4.46. The molecule has 24 heavy (non-hydrogen) atoms. The molecule has 0 atom stereocenters. The van der Waals surface area contributed by atoms with E-state index in [0.717, 1.165) is 17.7 Å². The lowest BCUT2D eigenvalue weighted by Crippen LogP contribution is -2.33. The quantitative estimate of drug-likeness (QED) is 0.673. The molecular weight excluding hydrogens is 338 g/mol. The number of thiazole rings is 1. The van der Waals surface area contributed by atoms with Gasteiger partial charge in [-0.05, 0) is 35.5 Å². The van der Waals surface area contributed by atoms with Crippen LogP contribution in [0, 0.1) is 0 Å². The SMILES string of the molecule is CCCC(=O)NC(=S)Nc1nc(-c2ccc3ccccc3c2)cs1. The monoisotopic (exact) mass is 355 g/mol. The first-order chi connectivity index (χ1) is 11.7. The Hall–Kier alpha value is -2.31. The molecule has 2 N–H and O–H groups in total. The highest BCUT2D eigenvalue weighted by atomic mass is 32.1. The Morgan fingerprint density at radius 2 is 2.00 bits per heavy atom. The molecule has 1 heterocycles. The molecule has 3 aromatic rings. The molecule has 2 aromatic carbocycles. The highest BCUT2D eigenvalue weighted by molar-refractivity contribution is 7.80. The summed E-state index contributed by atoms with van der Waals surface area (Å²) in [6.45, 7) is 1.95. The number of thiocarbonyl (C=S) groups is 1. The van der Waals surface area contributed by atoms with E-state index in [-0.39, 0.29) is 11.0 Å². The second-order valence-electron chi connectivity index (χ2n) is 5.35. The summed E-state index contributed by atoms with van der Waals surface area (Å²) in [5.41, 5.74) is 1.94. The van der Waals surface area contributed by atoms with Gasteiger partial charge in [0.25, 0.3) is 0 Å². The number of nitrogens with zero attached hydrogens (tertiary/aromatic N) is 1. The molecule has 0 aliphatic carbocycles. The van der Waals surface area contributed by atoms with Crippen LogP contribution in [0.2, 0.25) is 0 Å². The number of carbonyl (C=O) groups excluding carboxylic acids is 1. The largest absolute Gasteiger partial charge is 0.308 e. The number of amides is 1. The van der Waals surface area contributed by atoms with Crippen molar-refractivity contribution >= 4 is 50.5 Å². The number of rotatable bonds is 4. The molecule has 0 spiro atoms. The van der Waals surface area contributed by atoms with Crippen molar-refractivity contribution in [2.24, 2.45) is 0 Å². The van der Waals surface area contributed by atoms with Gasteiger partial charge in [-0.3, -0.25) is 4.79 Å². The van der Waals surface area contributed by atoms with Crippen molar-refractivity contribution < 1.29 is 4.79 Å². The number of anilines is 1. The van der Waals surface area contributed by atoms with Crippen LogP contribution in [0.3, 0.4) is 0 Å². The Balaban J connectivity index is 1.72. The summed E-state index contributed by atoms with van der Waals surface area (Å²) >= 11 is 6.60. The minimum Gasteiger partial charge on any atom is -0.308 e. The normalized spacial score (nSPS) is 10.5. The maximum Gasteiger partial charge on any atom is 0.226 e. The van der Waals surface area contributed by atoms with E-state index in [4.69, 9.17) is 12.2 Å². The van der Waals surface area contributed by atoms with Crippen molar-refractivity contribution in [3.8, 4) is 11.3 Å². The highest BCUT2D eigenvalue weighted by Gasteiger charge is 2.08. The van der Waals surface area contributed by atoms with E-state index < -0.39 is 0 Å². The van der Waals surface area contributed by atoms with Crippen molar-refractivity contribution in [3.63, 3.8) is 0 Å². The molecular formula is C18H17N3OS2. The molecule has 0 saturated heterocycles. The van der Waals surface area contributed by atoms with Crippen molar-refractivity contribution in [2.45, 2.75) is 19.8 Å². The fraction of sp³-hybridized carbons (Fsp3) is 0.167. The topological polar surface area (TPSA) is 54.0 Å². The molecule has 0 radical (unpaired) electrons. The van der Waals surface area contributed by atoms with Gasteiger partial charge >= 0.3 is 0 Å². The van der Waals surface area contributed by atoms with Gasteiger partial charge in [0.05, 0.1) is 5.69 Å². The number of nitrogens with one attached hydrogen (secondary N) is 2. The first-order valence-electron chi connectivity index (χ1n) is 7.71. The second-order valence-corrected chi connectivity index (χ2v) is 6.62. The number of hydrogen-bond acceptors (Lipinski definition) is 4. The summed E-state index contributed by atoms with van der Waals surface area (Å²) in [6.07, 6.45) is 1.25. The predicted molar refractivity (Wildman–Crippen MR) is 104 cm³/mol. The molecule has 0 unspecified atom stereocenters. The summed E-state index contributed by atoms with van der Waals surface area (Å²) in [4.78, 5) is 16.1. The van der Waals surface area contributed by atoms with E-state index in [0.29, 0.717) is 11.6 Å². The summed E-state index contributed by atoms with van der Waals surface area (Å²) in [7, 11) is 0. The van der Waals surface area contributed by atoms with Crippen molar-refractivity contribution in [2.75, 3.05) is 5.32 Å². The Bertz CT molecular complexity index is 889. The molecule has 6 heteroatoms. The highest BCUT2D eigenvalue weighted by Crippen LogP contribution is 2.27. The lowest BCUT2D eigenvalue weighted by Gasteiger charge is -2.06. The van der Waals surface area contributed by atoms with Crippen LogP contribution in [0.1, 0.15) is 19.8 Å². The van der Waals surface area contributed by atoms with E-state index in [2.05, 4.69) is 45.9 Å². The lowest BCUT2D eigenvalue weighted by molar-refractivity contribution is -0.119. The Morgan fingerprint density at radius 3 is 2.79 bits per heavy atom. The summed E-state index contributed by atoms with van der Waals surface area (Å²) < 4.78 is 0. The van der Waals surface area contributed by atoms with Gasteiger partial charge in [0.1, 0.15) is 0 Å². The minimum atomic E-state index is -0.0821. The summed E-state index contributed by atoms with van der Waals surface area (Å²) in [5.74, 6) is -0.0821. The average Bonchev–Trinajstić information content (AvgIpc) is 3.02. The Labute approximate surface area is 149 Å². The fourth-order valence-electron chi connectivity index (χ4n) is 2.36. The molecule has 4 nitrogen and oxygen atoms in total. The van der Waals surface area contributed by atoms with Gasteiger partial charge < -0.3 is 10.6 Å². The second kappa shape index (κ2) is 7.51. The maximum absolute atomic E-state index is 11.5. The van der Waals surface area contributed by atoms with Gasteiger partial charge in [0, 0.05) is 17.4 Å². The van der Waals surface area contributed by atoms with Gasteiger partial charge in [-0.15, -0.1) is 11.3 Å². The molecule has 1 amide bonds. The van der Waals surface area contributed by atoms with Crippen molar-refractivity contribution in [1.82, 2.24) is 10.3 Å². The van der Waals surface area contributed by atoms with Crippen LogP contribution in [-0.4, -0.2) is 16.0 Å². The Morgan fingerprint density at radius 1 is 1.21 bits per heavy atom. The fourth-order valence-corrected chi connectivity index (χ4v) is 3.36. The van der Waals surface area contributed by atoms with Crippen LogP contribution in [0.4, 0.5) is 5.13 Å². The minimum absolute atomic E-state index is 0.0821. The van der Waals surface area contributed by atoms with E-state index in [1.807, 2.05) is 24.4 Å². The average molecular weight is 355 g/mol.